The summed E-state index contributed by atoms with van der Waals surface area (Å²) in [6.07, 6.45) is -2.84. The van der Waals surface area contributed by atoms with Crippen LogP contribution in [0.2, 0.25) is 0 Å². The Balaban J connectivity index is 2.35. The van der Waals surface area contributed by atoms with Crippen molar-refractivity contribution in [2.24, 2.45) is 0 Å². The lowest BCUT2D eigenvalue weighted by atomic mass is 9.95. The number of Topliss-reactive ketones (excluding diaryl/α,β-unsaturated/α-hetero) is 1. The molecule has 1 aliphatic heterocycles. The van der Waals surface area contributed by atoms with Gasteiger partial charge in [0.25, 0.3) is 0 Å². The molecule has 0 aromatic heterocycles. The van der Waals surface area contributed by atoms with Crippen LogP contribution in [0.15, 0.2) is 12.1 Å². The maximum absolute atomic E-state index is 13.7. The first-order valence-electron chi connectivity index (χ1n) is 5.65. The highest BCUT2D eigenvalue weighted by Gasteiger charge is 2.34. The van der Waals surface area contributed by atoms with Crippen molar-refractivity contribution in [3.8, 4) is 0 Å². The second-order valence-electron chi connectivity index (χ2n) is 4.32. The van der Waals surface area contributed by atoms with E-state index in [2.05, 4.69) is 0 Å². The average molecular weight is 289 g/mol. The molecule has 1 aromatic carbocycles. The molecule has 20 heavy (non-hydrogen) atoms. The third-order valence-electron chi connectivity index (χ3n) is 2.89. The van der Waals surface area contributed by atoms with Crippen molar-refractivity contribution in [3.63, 3.8) is 0 Å². The Bertz CT molecular complexity index is 562. The second kappa shape index (κ2) is 5.49. The van der Waals surface area contributed by atoms with E-state index in [1.54, 1.807) is 0 Å². The molecule has 0 spiro atoms. The molecule has 2 rings (SSSR count). The van der Waals surface area contributed by atoms with Crippen LogP contribution in [0.3, 0.4) is 0 Å². The molecule has 2 atom stereocenters. The summed E-state index contributed by atoms with van der Waals surface area (Å²) >= 11 is 0. The third kappa shape index (κ3) is 2.90. The van der Waals surface area contributed by atoms with Crippen LogP contribution in [0.1, 0.15) is 18.1 Å². The lowest BCUT2D eigenvalue weighted by Crippen LogP contribution is -2.45. The van der Waals surface area contributed by atoms with E-state index >= 15 is 0 Å². The molecule has 108 valence electrons. The molecular weight excluding hydrogens is 279 g/mol. The Morgan fingerprint density at radius 1 is 1.25 bits per heavy atom. The molecule has 1 saturated heterocycles. The van der Waals surface area contributed by atoms with Gasteiger partial charge in [0, 0.05) is 18.1 Å². The quantitative estimate of drug-likeness (QED) is 0.814. The van der Waals surface area contributed by atoms with Crippen molar-refractivity contribution in [1.82, 2.24) is 5.32 Å². The summed E-state index contributed by atoms with van der Waals surface area (Å²) in [6, 6.07) is -0.114. The number of ketones is 1. The van der Waals surface area contributed by atoms with Gasteiger partial charge < -0.3 is 15.2 Å². The Morgan fingerprint density at radius 3 is 2.55 bits per heavy atom. The van der Waals surface area contributed by atoms with Gasteiger partial charge in [0.05, 0.1) is 6.04 Å². The minimum Gasteiger partial charge on any atom is -0.465 e. The van der Waals surface area contributed by atoms with Gasteiger partial charge in [-0.2, -0.15) is 0 Å². The van der Waals surface area contributed by atoms with E-state index in [4.69, 9.17) is 9.84 Å². The van der Waals surface area contributed by atoms with Gasteiger partial charge in [0.2, 0.25) is 0 Å². The number of halogens is 3. The molecule has 8 heteroatoms. The summed E-state index contributed by atoms with van der Waals surface area (Å²) in [5.41, 5.74) is -0.338. The summed E-state index contributed by atoms with van der Waals surface area (Å²) in [6.45, 7) is -0.346. The molecule has 1 aliphatic rings. The number of nitrogens with one attached hydrogen (secondary N) is 1. The molecule has 0 aliphatic carbocycles. The summed E-state index contributed by atoms with van der Waals surface area (Å²) < 4.78 is 44.8. The fourth-order valence-electron chi connectivity index (χ4n) is 2.06. The van der Waals surface area contributed by atoms with Crippen LogP contribution in [0.5, 0.6) is 0 Å². The Kier molecular flexibility index (Phi) is 3.93. The van der Waals surface area contributed by atoms with Crippen LogP contribution in [0.25, 0.3) is 0 Å². The monoisotopic (exact) mass is 289 g/mol. The highest BCUT2D eigenvalue weighted by atomic mass is 19.2. The predicted molar refractivity (Wildman–Crippen MR) is 59.6 cm³/mol. The number of rotatable bonds is 2. The zero-order valence-electron chi connectivity index (χ0n) is 10.0. The van der Waals surface area contributed by atoms with E-state index in [-0.39, 0.29) is 24.4 Å². The molecule has 1 heterocycles. The van der Waals surface area contributed by atoms with Crippen molar-refractivity contribution < 1.29 is 32.6 Å². The Labute approximate surface area is 111 Å². The van der Waals surface area contributed by atoms with Crippen molar-refractivity contribution >= 4 is 11.9 Å². The number of carbonyl (C=O) groups is 2. The van der Waals surface area contributed by atoms with Gasteiger partial charge >= 0.3 is 6.09 Å². The lowest BCUT2D eigenvalue weighted by molar-refractivity contribution is -0.133. The molecule has 0 bridgehead atoms. The SMILES string of the molecule is O=C1COC(c2cc(F)c(F)cc2F)C(NC(=O)O)C1. The van der Waals surface area contributed by atoms with Crippen molar-refractivity contribution in [1.29, 1.82) is 0 Å². The lowest BCUT2D eigenvalue weighted by Gasteiger charge is -2.31. The van der Waals surface area contributed by atoms with Gasteiger partial charge in [-0.1, -0.05) is 0 Å². The first-order valence-corrected chi connectivity index (χ1v) is 5.65. The van der Waals surface area contributed by atoms with Gasteiger partial charge in [-0.3, -0.25) is 4.79 Å². The zero-order valence-corrected chi connectivity index (χ0v) is 10.0. The second-order valence-corrected chi connectivity index (χ2v) is 4.32. The van der Waals surface area contributed by atoms with Gasteiger partial charge in [-0.15, -0.1) is 0 Å². The number of carboxylic acid groups (broad SMARTS) is 1. The predicted octanol–water partition coefficient (Wildman–Crippen LogP) is 1.77. The number of benzene rings is 1. The summed E-state index contributed by atoms with van der Waals surface area (Å²) in [7, 11) is 0. The fraction of sp³-hybridized carbons (Fsp3) is 0.333. The number of hydrogen-bond donors (Lipinski definition) is 2. The minimum absolute atomic E-state index is 0.213. The normalized spacial score (nSPS) is 22.6. The molecule has 2 unspecified atom stereocenters. The van der Waals surface area contributed by atoms with Gasteiger partial charge in [0.1, 0.15) is 18.5 Å². The highest BCUT2D eigenvalue weighted by molar-refractivity contribution is 5.81. The maximum atomic E-state index is 13.7. The van der Waals surface area contributed by atoms with Crippen LogP contribution in [-0.4, -0.2) is 29.6 Å². The number of carbonyl (C=O) groups excluding carboxylic acids is 1. The van der Waals surface area contributed by atoms with Crippen LogP contribution >= 0.6 is 0 Å². The van der Waals surface area contributed by atoms with Gasteiger partial charge in [-0.05, 0) is 6.07 Å². The van der Waals surface area contributed by atoms with E-state index in [1.165, 1.54) is 0 Å². The van der Waals surface area contributed by atoms with E-state index in [0.29, 0.717) is 12.1 Å². The topological polar surface area (TPSA) is 75.6 Å². The highest BCUT2D eigenvalue weighted by Crippen LogP contribution is 2.30. The van der Waals surface area contributed by atoms with E-state index in [9.17, 15) is 22.8 Å². The third-order valence-corrected chi connectivity index (χ3v) is 2.89. The van der Waals surface area contributed by atoms with Crippen LogP contribution in [-0.2, 0) is 9.53 Å². The van der Waals surface area contributed by atoms with Crippen molar-refractivity contribution in [2.45, 2.75) is 18.6 Å². The standard InChI is InChI=1S/C12H10F3NO4/c13-7-3-9(15)8(14)2-6(7)11-10(16-12(18)19)1-5(17)4-20-11/h2-3,10-11,16H,1,4H2,(H,18,19). The van der Waals surface area contributed by atoms with Gasteiger partial charge in [0.15, 0.2) is 17.4 Å². The molecule has 5 nitrogen and oxygen atoms in total. The van der Waals surface area contributed by atoms with Crippen LogP contribution in [0.4, 0.5) is 18.0 Å². The Morgan fingerprint density at radius 2 is 1.90 bits per heavy atom. The van der Waals surface area contributed by atoms with E-state index in [1.807, 2.05) is 5.32 Å². The van der Waals surface area contributed by atoms with E-state index in [0.717, 1.165) is 0 Å². The largest absolute Gasteiger partial charge is 0.465 e. The summed E-state index contributed by atoms with van der Waals surface area (Å²) in [4.78, 5) is 21.9. The summed E-state index contributed by atoms with van der Waals surface area (Å²) in [5, 5.41) is 10.7. The number of ether oxygens (including phenoxy) is 1. The molecule has 2 N–H and O–H groups in total. The smallest absolute Gasteiger partial charge is 0.404 e. The molecule has 1 aromatic rings. The molecule has 0 saturated carbocycles. The maximum Gasteiger partial charge on any atom is 0.404 e. The van der Waals surface area contributed by atoms with Crippen molar-refractivity contribution in [2.75, 3.05) is 6.61 Å². The zero-order chi connectivity index (χ0) is 14.9. The Hall–Kier alpha value is -2.09. The molecule has 0 radical (unpaired) electrons. The van der Waals surface area contributed by atoms with Crippen LogP contribution < -0.4 is 5.32 Å². The number of amides is 1. The number of hydrogen-bond acceptors (Lipinski definition) is 3. The molecule has 1 amide bonds. The van der Waals surface area contributed by atoms with Crippen LogP contribution in [0, 0.1) is 17.5 Å². The first-order chi connectivity index (χ1) is 9.38. The van der Waals surface area contributed by atoms with Gasteiger partial charge in [-0.25, -0.2) is 18.0 Å². The molecule has 1 fully saturated rings. The minimum atomic E-state index is -1.43. The first kappa shape index (κ1) is 14.3. The average Bonchev–Trinajstić information content (AvgIpc) is 2.34. The van der Waals surface area contributed by atoms with Crippen molar-refractivity contribution in [3.05, 3.63) is 35.1 Å². The fourth-order valence-corrected chi connectivity index (χ4v) is 2.06. The van der Waals surface area contributed by atoms with E-state index < -0.39 is 35.7 Å². The molecular formula is C12H10F3NO4. The summed E-state index contributed by atoms with van der Waals surface area (Å²) in [5.74, 6) is -4.08.